The summed E-state index contributed by atoms with van der Waals surface area (Å²) in [6.07, 6.45) is 0. The standard InChI is InChI=1S/C11H11NO3/c1-7(13)15-6-10-8-4-2-3-5-9(8)11(14)12-10/h2-5,10H,6H2,1H3,(H,12,14). The highest BCUT2D eigenvalue weighted by Gasteiger charge is 2.28. The van der Waals surface area contributed by atoms with E-state index in [1.807, 2.05) is 18.2 Å². The van der Waals surface area contributed by atoms with E-state index in [-0.39, 0.29) is 24.5 Å². The molecule has 78 valence electrons. The lowest BCUT2D eigenvalue weighted by molar-refractivity contribution is -0.141. The molecule has 15 heavy (non-hydrogen) atoms. The minimum atomic E-state index is -0.339. The van der Waals surface area contributed by atoms with Gasteiger partial charge in [0.2, 0.25) is 0 Å². The molecule has 0 saturated heterocycles. The monoisotopic (exact) mass is 205 g/mol. The van der Waals surface area contributed by atoms with Crippen LogP contribution in [0.2, 0.25) is 0 Å². The quantitative estimate of drug-likeness (QED) is 0.734. The van der Waals surface area contributed by atoms with Gasteiger partial charge < -0.3 is 10.1 Å². The molecule has 0 fully saturated rings. The molecular weight excluding hydrogens is 194 g/mol. The second-order valence-electron chi connectivity index (χ2n) is 3.42. The molecule has 0 aromatic heterocycles. The summed E-state index contributed by atoms with van der Waals surface area (Å²) in [6, 6.07) is 7.09. The topological polar surface area (TPSA) is 55.4 Å². The minimum absolute atomic E-state index is 0.109. The number of hydrogen-bond acceptors (Lipinski definition) is 3. The lowest BCUT2D eigenvalue weighted by Crippen LogP contribution is -2.23. The lowest BCUT2D eigenvalue weighted by Gasteiger charge is -2.10. The molecule has 1 heterocycles. The van der Waals surface area contributed by atoms with Gasteiger partial charge in [0.1, 0.15) is 6.61 Å². The van der Waals surface area contributed by atoms with Crippen molar-refractivity contribution in [2.24, 2.45) is 0 Å². The molecule has 1 unspecified atom stereocenters. The predicted molar refractivity (Wildman–Crippen MR) is 53.3 cm³/mol. The van der Waals surface area contributed by atoms with Crippen LogP contribution in [0.4, 0.5) is 0 Å². The van der Waals surface area contributed by atoms with Crippen molar-refractivity contribution in [3.63, 3.8) is 0 Å². The van der Waals surface area contributed by atoms with E-state index in [2.05, 4.69) is 5.32 Å². The van der Waals surface area contributed by atoms with Crippen LogP contribution in [0.5, 0.6) is 0 Å². The molecule has 1 aliphatic rings. The van der Waals surface area contributed by atoms with E-state index in [9.17, 15) is 9.59 Å². The number of rotatable bonds is 2. The van der Waals surface area contributed by atoms with Crippen molar-refractivity contribution in [1.29, 1.82) is 0 Å². The van der Waals surface area contributed by atoms with E-state index in [4.69, 9.17) is 4.74 Å². The molecule has 1 aliphatic heterocycles. The van der Waals surface area contributed by atoms with Crippen LogP contribution in [0.15, 0.2) is 24.3 Å². The van der Waals surface area contributed by atoms with Crippen molar-refractivity contribution < 1.29 is 14.3 Å². The first kappa shape index (κ1) is 9.71. The van der Waals surface area contributed by atoms with E-state index in [0.717, 1.165) is 5.56 Å². The number of hydrogen-bond donors (Lipinski definition) is 1. The molecular formula is C11H11NO3. The maximum atomic E-state index is 11.5. The lowest BCUT2D eigenvalue weighted by atomic mass is 10.1. The van der Waals surface area contributed by atoms with Crippen molar-refractivity contribution in [3.8, 4) is 0 Å². The number of ether oxygens (including phenoxy) is 1. The summed E-state index contributed by atoms with van der Waals surface area (Å²) in [5.41, 5.74) is 1.55. The summed E-state index contributed by atoms with van der Waals surface area (Å²) in [7, 11) is 0. The van der Waals surface area contributed by atoms with Crippen LogP contribution in [0, 0.1) is 0 Å². The first-order valence-electron chi connectivity index (χ1n) is 4.71. The second-order valence-corrected chi connectivity index (χ2v) is 3.42. The second kappa shape index (κ2) is 3.73. The maximum Gasteiger partial charge on any atom is 0.302 e. The van der Waals surface area contributed by atoms with Crippen LogP contribution in [0.1, 0.15) is 28.9 Å². The number of benzene rings is 1. The Morgan fingerprint density at radius 2 is 2.20 bits per heavy atom. The molecule has 0 saturated carbocycles. The summed E-state index contributed by atoms with van der Waals surface area (Å²) in [5, 5.41) is 2.76. The maximum absolute atomic E-state index is 11.5. The normalized spacial score (nSPS) is 18.2. The third-order valence-corrected chi connectivity index (χ3v) is 2.34. The molecule has 0 radical (unpaired) electrons. The van der Waals surface area contributed by atoms with Gasteiger partial charge in [-0.1, -0.05) is 18.2 Å². The van der Waals surface area contributed by atoms with E-state index >= 15 is 0 Å². The molecule has 2 rings (SSSR count). The molecule has 1 aromatic carbocycles. The van der Waals surface area contributed by atoms with Crippen molar-refractivity contribution in [3.05, 3.63) is 35.4 Å². The summed E-state index contributed by atoms with van der Waals surface area (Å²) in [4.78, 5) is 22.1. The fraction of sp³-hybridized carbons (Fsp3) is 0.273. The number of carbonyl (C=O) groups excluding carboxylic acids is 2. The molecule has 4 heteroatoms. The first-order valence-corrected chi connectivity index (χ1v) is 4.71. The first-order chi connectivity index (χ1) is 7.18. The van der Waals surface area contributed by atoms with Crippen molar-refractivity contribution in [2.75, 3.05) is 6.61 Å². The Hall–Kier alpha value is -1.84. The summed E-state index contributed by atoms with van der Waals surface area (Å²) in [5.74, 6) is -0.448. The molecule has 4 nitrogen and oxygen atoms in total. The van der Waals surface area contributed by atoms with Crippen LogP contribution in [0.25, 0.3) is 0 Å². The van der Waals surface area contributed by atoms with Crippen LogP contribution in [0.3, 0.4) is 0 Å². The van der Waals surface area contributed by atoms with Crippen molar-refractivity contribution in [2.45, 2.75) is 13.0 Å². The van der Waals surface area contributed by atoms with E-state index in [1.54, 1.807) is 6.07 Å². The fourth-order valence-corrected chi connectivity index (χ4v) is 1.65. The predicted octanol–water partition coefficient (Wildman–Crippen LogP) is 1.03. The minimum Gasteiger partial charge on any atom is -0.463 e. The Labute approximate surface area is 87.2 Å². The largest absolute Gasteiger partial charge is 0.463 e. The number of fused-ring (bicyclic) bond motifs is 1. The number of carbonyl (C=O) groups is 2. The third kappa shape index (κ3) is 1.83. The molecule has 0 bridgehead atoms. The van der Waals surface area contributed by atoms with Crippen molar-refractivity contribution >= 4 is 11.9 Å². The molecule has 0 aliphatic carbocycles. The molecule has 1 atom stereocenters. The van der Waals surface area contributed by atoms with Gasteiger partial charge in [-0.3, -0.25) is 9.59 Å². The number of esters is 1. The third-order valence-electron chi connectivity index (χ3n) is 2.34. The van der Waals surface area contributed by atoms with Crippen molar-refractivity contribution in [1.82, 2.24) is 5.32 Å². The summed E-state index contributed by atoms with van der Waals surface area (Å²) < 4.78 is 4.88. The molecule has 1 N–H and O–H groups in total. The summed E-state index contributed by atoms with van der Waals surface area (Å²) in [6.45, 7) is 1.54. The van der Waals surface area contributed by atoms with Gasteiger partial charge in [0.15, 0.2) is 0 Å². The summed E-state index contributed by atoms with van der Waals surface area (Å²) >= 11 is 0. The average Bonchev–Trinajstić information content (AvgIpc) is 2.54. The van der Waals surface area contributed by atoms with Gasteiger partial charge in [-0.05, 0) is 11.6 Å². The SMILES string of the molecule is CC(=O)OCC1NC(=O)c2ccccc21. The van der Waals surface area contributed by atoms with Gasteiger partial charge in [-0.15, -0.1) is 0 Å². The fourth-order valence-electron chi connectivity index (χ4n) is 1.65. The number of amides is 1. The van der Waals surface area contributed by atoms with Crippen LogP contribution in [-0.4, -0.2) is 18.5 Å². The average molecular weight is 205 g/mol. The highest BCUT2D eigenvalue weighted by molar-refractivity contribution is 5.99. The van der Waals surface area contributed by atoms with E-state index < -0.39 is 0 Å². The Balaban J connectivity index is 2.17. The Morgan fingerprint density at radius 3 is 2.93 bits per heavy atom. The Kier molecular flexibility index (Phi) is 2.41. The zero-order chi connectivity index (χ0) is 10.8. The van der Waals surface area contributed by atoms with Gasteiger partial charge >= 0.3 is 5.97 Å². The zero-order valence-electron chi connectivity index (χ0n) is 8.32. The van der Waals surface area contributed by atoms with Gasteiger partial charge in [-0.2, -0.15) is 0 Å². The van der Waals surface area contributed by atoms with Gasteiger partial charge in [0.05, 0.1) is 6.04 Å². The molecule has 0 spiro atoms. The molecule has 1 amide bonds. The Bertz CT molecular complexity index is 414. The van der Waals surface area contributed by atoms with Crippen LogP contribution in [-0.2, 0) is 9.53 Å². The van der Waals surface area contributed by atoms with Crippen LogP contribution < -0.4 is 5.32 Å². The smallest absolute Gasteiger partial charge is 0.302 e. The van der Waals surface area contributed by atoms with E-state index in [0.29, 0.717) is 5.56 Å². The highest BCUT2D eigenvalue weighted by Crippen LogP contribution is 2.24. The van der Waals surface area contributed by atoms with Gasteiger partial charge in [-0.25, -0.2) is 0 Å². The Morgan fingerprint density at radius 1 is 1.47 bits per heavy atom. The van der Waals surface area contributed by atoms with Gasteiger partial charge in [0, 0.05) is 12.5 Å². The van der Waals surface area contributed by atoms with E-state index in [1.165, 1.54) is 6.92 Å². The highest BCUT2D eigenvalue weighted by atomic mass is 16.5. The molecule has 1 aromatic rings. The zero-order valence-corrected chi connectivity index (χ0v) is 8.32. The van der Waals surface area contributed by atoms with Crippen LogP contribution >= 0.6 is 0 Å². The number of nitrogens with one attached hydrogen (secondary N) is 1. The van der Waals surface area contributed by atoms with Gasteiger partial charge in [0.25, 0.3) is 5.91 Å².